The third-order valence-corrected chi connectivity index (χ3v) is 9.31. The summed E-state index contributed by atoms with van der Waals surface area (Å²) in [7, 11) is 9.27. The largest absolute Gasteiger partial charge is 0.493 e. The molecular weight excluding hydrogens is 391 g/mol. The van der Waals surface area contributed by atoms with Crippen molar-refractivity contribution < 1.29 is 19.0 Å². The van der Waals surface area contributed by atoms with Crippen LogP contribution in [0.5, 0.6) is 11.5 Å². The van der Waals surface area contributed by atoms with Crippen molar-refractivity contribution in [2.45, 2.75) is 55.3 Å². The highest BCUT2D eigenvalue weighted by molar-refractivity contribution is 6.72. The van der Waals surface area contributed by atoms with Gasteiger partial charge in [-0.15, -0.1) is 0 Å². The Morgan fingerprint density at radius 2 is 2.13 bits per heavy atom. The van der Waals surface area contributed by atoms with Crippen LogP contribution in [0, 0.1) is 5.41 Å². The van der Waals surface area contributed by atoms with Crippen LogP contribution in [0.4, 0.5) is 4.79 Å². The molecule has 2 unspecified atom stereocenters. The summed E-state index contributed by atoms with van der Waals surface area (Å²) < 4.78 is 19.0. The summed E-state index contributed by atoms with van der Waals surface area (Å²) in [5.74, 6) is 1.71. The molecule has 2 heterocycles. The number of fused-ring (bicyclic) bond motifs is 1. The number of nitrogens with zero attached hydrogens (tertiary/aromatic N) is 2. The summed E-state index contributed by atoms with van der Waals surface area (Å²) in [6.07, 6.45) is 7.32. The number of piperidine rings is 1. The Morgan fingerprint density at radius 3 is 2.84 bits per heavy atom. The van der Waals surface area contributed by atoms with Gasteiger partial charge in [0.15, 0.2) is 17.3 Å². The molecule has 1 radical (unpaired) electrons. The molecule has 163 valence electrons. The second-order valence-electron chi connectivity index (χ2n) is 9.94. The van der Waals surface area contributed by atoms with Crippen LogP contribution < -0.4 is 9.47 Å². The number of likely N-dealkylation sites (tertiary alicyclic amines) is 1. The third kappa shape index (κ3) is 1.93. The zero-order valence-electron chi connectivity index (χ0n) is 19.0. The number of carbonyl (C=O) groups is 1. The van der Waals surface area contributed by atoms with Crippen LogP contribution in [-0.4, -0.2) is 81.5 Å². The molecule has 7 heteroatoms. The van der Waals surface area contributed by atoms with Gasteiger partial charge in [0.25, 0.3) is 0 Å². The van der Waals surface area contributed by atoms with E-state index in [-0.39, 0.29) is 28.8 Å². The van der Waals surface area contributed by atoms with E-state index in [4.69, 9.17) is 14.2 Å². The van der Waals surface area contributed by atoms with Crippen LogP contribution in [-0.2, 0) is 16.6 Å². The van der Waals surface area contributed by atoms with Crippen LogP contribution in [0.15, 0.2) is 24.3 Å². The maximum atomic E-state index is 12.8. The number of methoxy groups -OCH3 is 2. The molecule has 7 rings (SSSR count). The van der Waals surface area contributed by atoms with Gasteiger partial charge in [-0.1, -0.05) is 25.0 Å². The number of hydrogen-bond acceptors (Lipinski definition) is 5. The lowest BCUT2D eigenvalue weighted by Gasteiger charge is -2.71. The first-order chi connectivity index (χ1) is 14.9. The molecule has 2 fully saturated rings. The number of amides is 1. The SMILES string of the molecule is C[B]C(=O)N(C)C1C[C@@]23C=C[C@]1(OC)C1Oc4c(OC)ccc5c4[C@@]12CCN(C)[C@@H]3C5. The fourth-order valence-corrected chi connectivity index (χ4v) is 7.96. The van der Waals surface area contributed by atoms with Gasteiger partial charge >= 0.3 is 0 Å². The average Bonchev–Trinajstić information content (AvgIpc) is 3.17. The van der Waals surface area contributed by atoms with Gasteiger partial charge in [0, 0.05) is 31.2 Å². The topological polar surface area (TPSA) is 51.2 Å². The standard InChI is InChI=1S/C24H30BN2O4/c1-25-21(28)27(3)17-13-22-8-9-24(17,30-5)20-23(22)10-11-26(2)16(22)12-14-6-7-15(29-4)19(31-20)18(14)23/h6-9,16-17,20H,10-13H2,1-5H3/t16-,17?,20?,22-,23+,24-/m1/s1. The third-order valence-electron chi connectivity index (χ3n) is 9.31. The molecule has 0 aromatic heterocycles. The number of likely N-dealkylation sites (N-methyl/N-ethyl adjacent to an activating group) is 2. The van der Waals surface area contributed by atoms with Gasteiger partial charge in [-0.25, -0.2) is 0 Å². The van der Waals surface area contributed by atoms with Crippen LogP contribution in [0.1, 0.15) is 24.0 Å². The Morgan fingerprint density at radius 1 is 1.32 bits per heavy atom. The normalized spacial score (nSPS) is 40.9. The monoisotopic (exact) mass is 421 g/mol. The predicted octanol–water partition coefficient (Wildman–Crippen LogP) is 2.47. The van der Waals surface area contributed by atoms with E-state index in [9.17, 15) is 4.79 Å². The molecule has 6 aliphatic rings. The Kier molecular flexibility index (Phi) is 3.86. The minimum absolute atomic E-state index is 0.0240. The molecule has 1 aromatic carbocycles. The summed E-state index contributed by atoms with van der Waals surface area (Å²) in [4.78, 5) is 17.2. The van der Waals surface area contributed by atoms with Crippen LogP contribution >= 0.6 is 0 Å². The summed E-state index contributed by atoms with van der Waals surface area (Å²) in [6, 6.07) is 4.54. The van der Waals surface area contributed by atoms with E-state index in [0.717, 1.165) is 37.3 Å². The minimum atomic E-state index is -0.700. The van der Waals surface area contributed by atoms with E-state index in [2.05, 4.69) is 30.2 Å². The number of ether oxygens (including phenoxy) is 3. The van der Waals surface area contributed by atoms with Gasteiger partial charge < -0.3 is 24.0 Å². The molecule has 6 nitrogen and oxygen atoms in total. The van der Waals surface area contributed by atoms with Gasteiger partial charge in [0.05, 0.1) is 18.6 Å². The molecule has 6 atom stereocenters. The second-order valence-corrected chi connectivity index (χ2v) is 9.94. The van der Waals surface area contributed by atoms with Crippen molar-refractivity contribution in [3.63, 3.8) is 0 Å². The van der Waals surface area contributed by atoms with Gasteiger partial charge in [-0.05, 0) is 44.5 Å². The Balaban J connectivity index is 1.65. The average molecular weight is 421 g/mol. The molecule has 1 aromatic rings. The number of benzene rings is 1. The zero-order valence-corrected chi connectivity index (χ0v) is 19.0. The Hall–Kier alpha value is -1.99. The van der Waals surface area contributed by atoms with Gasteiger partial charge in [0.1, 0.15) is 11.7 Å². The van der Waals surface area contributed by atoms with Crippen molar-refractivity contribution in [1.82, 2.24) is 9.80 Å². The molecule has 2 aliphatic heterocycles. The van der Waals surface area contributed by atoms with Crippen molar-refractivity contribution in [2.75, 3.05) is 34.9 Å². The van der Waals surface area contributed by atoms with Crippen molar-refractivity contribution >= 4 is 13.1 Å². The van der Waals surface area contributed by atoms with E-state index in [0.29, 0.717) is 6.04 Å². The molecule has 0 N–H and O–H groups in total. The molecule has 4 aliphatic carbocycles. The van der Waals surface area contributed by atoms with Crippen molar-refractivity contribution in [3.8, 4) is 11.5 Å². The number of carbonyl (C=O) groups excluding carboxylic acids is 1. The van der Waals surface area contributed by atoms with E-state index in [1.165, 1.54) is 11.1 Å². The molecule has 1 saturated carbocycles. The van der Waals surface area contributed by atoms with E-state index >= 15 is 0 Å². The van der Waals surface area contributed by atoms with Crippen molar-refractivity contribution in [1.29, 1.82) is 0 Å². The molecule has 1 amide bonds. The number of rotatable bonds is 4. The maximum Gasteiger partial charge on any atom is 0.229 e. The fraction of sp³-hybridized carbons (Fsp3) is 0.625. The lowest BCUT2D eigenvalue weighted by molar-refractivity contribution is -0.211. The highest BCUT2D eigenvalue weighted by Gasteiger charge is 2.79. The Labute approximate surface area is 184 Å². The summed E-state index contributed by atoms with van der Waals surface area (Å²) in [6.45, 7) is 2.83. The minimum Gasteiger partial charge on any atom is -0.493 e. The smallest absolute Gasteiger partial charge is 0.229 e. The van der Waals surface area contributed by atoms with Crippen LogP contribution in [0.2, 0.25) is 6.82 Å². The van der Waals surface area contributed by atoms with Crippen LogP contribution in [0.3, 0.4) is 0 Å². The van der Waals surface area contributed by atoms with E-state index in [1.807, 2.05) is 18.0 Å². The second kappa shape index (κ2) is 6.07. The summed E-state index contributed by atoms with van der Waals surface area (Å²) >= 11 is 0. The van der Waals surface area contributed by atoms with Crippen molar-refractivity contribution in [2.24, 2.45) is 5.41 Å². The van der Waals surface area contributed by atoms with Crippen LogP contribution in [0.25, 0.3) is 0 Å². The zero-order chi connectivity index (χ0) is 21.8. The van der Waals surface area contributed by atoms with Gasteiger partial charge in [-0.3, -0.25) is 4.79 Å². The van der Waals surface area contributed by atoms with Gasteiger partial charge in [-0.2, -0.15) is 0 Å². The summed E-state index contributed by atoms with van der Waals surface area (Å²) in [5, 5.41) is 0. The Bertz CT molecular complexity index is 1010. The lowest BCUT2D eigenvalue weighted by atomic mass is 9.38. The quantitative estimate of drug-likeness (QED) is 0.553. The predicted molar refractivity (Wildman–Crippen MR) is 118 cm³/mol. The maximum absolute atomic E-state index is 12.8. The molecule has 31 heavy (non-hydrogen) atoms. The first-order valence-electron chi connectivity index (χ1n) is 11.3. The van der Waals surface area contributed by atoms with Crippen molar-refractivity contribution in [3.05, 3.63) is 35.4 Å². The fourth-order valence-electron chi connectivity index (χ4n) is 7.96. The highest BCUT2D eigenvalue weighted by Crippen LogP contribution is 2.73. The highest BCUT2D eigenvalue weighted by atomic mass is 16.6. The van der Waals surface area contributed by atoms with Gasteiger partial charge in [0.2, 0.25) is 7.28 Å². The number of hydrogen-bond donors (Lipinski definition) is 0. The first-order valence-corrected chi connectivity index (χ1v) is 11.3. The summed E-state index contributed by atoms with van der Waals surface area (Å²) in [5.41, 5.74) is 1.73. The first kappa shape index (κ1) is 19.7. The molecule has 4 bridgehead atoms. The lowest BCUT2D eigenvalue weighted by Crippen LogP contribution is -2.81. The molecular formula is C24H30BN2O4. The van der Waals surface area contributed by atoms with E-state index in [1.54, 1.807) is 28.3 Å². The van der Waals surface area contributed by atoms with E-state index < -0.39 is 5.60 Å². The molecule has 1 saturated heterocycles. The molecule has 2 spiro atoms.